The molecule has 0 aromatic heterocycles. The van der Waals surface area contributed by atoms with Crippen molar-refractivity contribution in [2.24, 2.45) is 0 Å². The maximum absolute atomic E-state index is 12.9. The van der Waals surface area contributed by atoms with Crippen molar-refractivity contribution in [2.75, 3.05) is 0 Å². The number of Topliss-reactive ketones (excluding diaryl/α,β-unsaturated/α-hetero) is 1. The van der Waals surface area contributed by atoms with E-state index in [0.29, 0.717) is 6.07 Å². The number of benzene rings is 1. The third-order valence-corrected chi connectivity index (χ3v) is 1.97. The minimum Gasteiger partial charge on any atom is -0.286 e. The molecule has 0 atom stereocenters. The van der Waals surface area contributed by atoms with Crippen molar-refractivity contribution < 1.29 is 31.1 Å². The highest BCUT2D eigenvalue weighted by molar-refractivity contribution is 6.35. The summed E-state index contributed by atoms with van der Waals surface area (Å²) in [6.45, 7) is 0. The van der Waals surface area contributed by atoms with E-state index < -0.39 is 34.3 Å². The summed E-state index contributed by atoms with van der Waals surface area (Å²) in [7, 11) is 0. The molecule has 0 amide bonds. The van der Waals surface area contributed by atoms with E-state index in [0.717, 1.165) is 0 Å². The molecule has 1 nitrogen and oxygen atoms in total. The molecule has 0 radical (unpaired) electrons. The number of alkyl halides is 6. The Morgan fingerprint density at radius 1 is 1.12 bits per heavy atom. The molecule has 0 aliphatic rings. The van der Waals surface area contributed by atoms with Gasteiger partial charge >= 0.3 is 11.6 Å². The number of carbonyl (C=O) groups excluding carboxylic acids is 1. The molecule has 1 aromatic rings. The minimum atomic E-state index is -4.96. The van der Waals surface area contributed by atoms with Crippen molar-refractivity contribution in [3.05, 3.63) is 35.1 Å². The van der Waals surface area contributed by atoms with Crippen LogP contribution < -0.4 is 0 Å². The molecule has 94 valence electrons. The van der Waals surface area contributed by atoms with E-state index in [-0.39, 0.29) is 12.1 Å². The second kappa shape index (κ2) is 4.21. The van der Waals surface area contributed by atoms with Crippen LogP contribution in [0.1, 0.15) is 15.9 Å². The van der Waals surface area contributed by atoms with E-state index in [1.54, 1.807) is 0 Å². The molecule has 0 unspecified atom stereocenters. The number of hydrogen-bond acceptors (Lipinski definition) is 1. The Labute approximate surface area is 96.0 Å². The fourth-order valence-electron chi connectivity index (χ4n) is 1.05. The Kier molecular flexibility index (Phi) is 3.42. The summed E-state index contributed by atoms with van der Waals surface area (Å²) in [5.41, 5.74) is -2.58. The second-order valence-electron chi connectivity index (χ2n) is 3.02. The maximum Gasteiger partial charge on any atom is 0.419 e. The zero-order chi connectivity index (χ0) is 13.4. The van der Waals surface area contributed by atoms with Crippen LogP contribution in [0.5, 0.6) is 0 Å². The summed E-state index contributed by atoms with van der Waals surface area (Å²) in [5, 5.41) is -4.29. The lowest BCUT2D eigenvalue weighted by atomic mass is 10.1. The van der Waals surface area contributed by atoms with E-state index in [1.807, 2.05) is 0 Å². The third-order valence-electron chi connectivity index (χ3n) is 1.79. The molecule has 8 heteroatoms. The van der Waals surface area contributed by atoms with Crippen molar-refractivity contribution >= 4 is 17.4 Å². The summed E-state index contributed by atoms with van der Waals surface area (Å²) in [5.74, 6) is -3.78. The van der Waals surface area contributed by atoms with E-state index in [9.17, 15) is 31.1 Å². The molecule has 0 N–H and O–H groups in total. The molecule has 0 aliphatic heterocycles. The van der Waals surface area contributed by atoms with E-state index >= 15 is 0 Å². The largest absolute Gasteiger partial charge is 0.419 e. The van der Waals surface area contributed by atoms with Gasteiger partial charge < -0.3 is 0 Å². The van der Waals surface area contributed by atoms with E-state index in [4.69, 9.17) is 0 Å². The number of carbonyl (C=O) groups is 1. The lowest BCUT2D eigenvalue weighted by molar-refractivity contribution is -0.140. The Morgan fingerprint density at radius 2 is 1.65 bits per heavy atom. The van der Waals surface area contributed by atoms with Crippen LogP contribution in [0.3, 0.4) is 0 Å². The molecule has 0 bridgehead atoms. The molecule has 0 heterocycles. The second-order valence-corrected chi connectivity index (χ2v) is 3.49. The zero-order valence-electron chi connectivity index (χ0n) is 7.79. The normalized spacial score (nSPS) is 12.6. The third kappa shape index (κ3) is 3.12. The van der Waals surface area contributed by atoms with Gasteiger partial charge in [-0.2, -0.15) is 22.0 Å². The monoisotopic (exact) mass is 276 g/mol. The van der Waals surface area contributed by atoms with Crippen molar-refractivity contribution in [1.29, 1.82) is 0 Å². The highest BCUT2D eigenvalue weighted by atomic mass is 35.5. The van der Waals surface area contributed by atoms with Crippen molar-refractivity contribution in [2.45, 2.75) is 11.6 Å². The highest BCUT2D eigenvalue weighted by Gasteiger charge is 2.39. The Morgan fingerprint density at radius 3 is 2.00 bits per heavy atom. The van der Waals surface area contributed by atoms with Crippen LogP contribution in [0.25, 0.3) is 0 Å². The summed E-state index contributed by atoms with van der Waals surface area (Å²) >= 11 is 4.37. The number of hydrogen-bond donors (Lipinski definition) is 0. The van der Waals surface area contributed by atoms with Gasteiger partial charge in [0.2, 0.25) is 5.78 Å². The predicted octanol–water partition coefficient (Wildman–Crippen LogP) is 3.86. The Hall–Kier alpha value is -1.24. The molecular weight excluding hydrogens is 274 g/mol. The van der Waals surface area contributed by atoms with Gasteiger partial charge in [-0.05, 0) is 23.7 Å². The molecule has 0 spiro atoms. The molecule has 0 saturated heterocycles. The van der Waals surface area contributed by atoms with Crippen molar-refractivity contribution in [1.82, 2.24) is 0 Å². The summed E-state index contributed by atoms with van der Waals surface area (Å²) < 4.78 is 74.0. The van der Waals surface area contributed by atoms with E-state index in [1.165, 1.54) is 0 Å². The van der Waals surface area contributed by atoms with Crippen LogP contribution in [-0.2, 0) is 6.18 Å². The first-order chi connectivity index (χ1) is 7.53. The van der Waals surface area contributed by atoms with Crippen LogP contribution in [0.15, 0.2) is 18.2 Å². The van der Waals surface area contributed by atoms with Gasteiger partial charge in [0.1, 0.15) is 5.82 Å². The topological polar surface area (TPSA) is 17.1 Å². The number of halogens is 7. The molecule has 1 rings (SSSR count). The van der Waals surface area contributed by atoms with Gasteiger partial charge in [0.05, 0.1) is 5.56 Å². The van der Waals surface area contributed by atoms with Crippen molar-refractivity contribution in [3.63, 3.8) is 0 Å². The molecule has 0 aliphatic carbocycles. The zero-order valence-corrected chi connectivity index (χ0v) is 8.54. The van der Waals surface area contributed by atoms with Crippen LogP contribution in [0.2, 0.25) is 0 Å². The number of ketones is 1. The Bertz CT molecular complexity index is 448. The smallest absolute Gasteiger partial charge is 0.286 e. The summed E-state index contributed by atoms with van der Waals surface area (Å²) in [6.07, 6.45) is -4.96. The SMILES string of the molecule is O=C(c1ccc(C(F)(F)F)c(F)c1)C(F)(F)Cl. The van der Waals surface area contributed by atoms with Crippen molar-refractivity contribution in [3.8, 4) is 0 Å². The first kappa shape index (κ1) is 13.8. The quantitative estimate of drug-likeness (QED) is 0.455. The first-order valence-corrected chi connectivity index (χ1v) is 4.39. The van der Waals surface area contributed by atoms with Crippen LogP contribution >= 0.6 is 11.6 Å². The molecule has 0 saturated carbocycles. The predicted molar refractivity (Wildman–Crippen MR) is 46.5 cm³/mol. The lowest BCUT2D eigenvalue weighted by Crippen LogP contribution is -2.22. The molecular formula is C9H3ClF6O. The summed E-state index contributed by atoms with van der Waals surface area (Å²) in [6, 6.07) is 0.706. The van der Waals surface area contributed by atoms with Gasteiger partial charge in [0, 0.05) is 5.56 Å². The maximum atomic E-state index is 12.9. The lowest BCUT2D eigenvalue weighted by Gasteiger charge is -2.10. The molecule has 0 fully saturated rings. The average molecular weight is 277 g/mol. The highest BCUT2D eigenvalue weighted by Crippen LogP contribution is 2.32. The van der Waals surface area contributed by atoms with E-state index in [2.05, 4.69) is 11.6 Å². The van der Waals surface area contributed by atoms with Gasteiger partial charge in [-0.15, -0.1) is 0 Å². The molecule has 17 heavy (non-hydrogen) atoms. The first-order valence-electron chi connectivity index (χ1n) is 4.02. The average Bonchev–Trinajstić information content (AvgIpc) is 2.12. The van der Waals surface area contributed by atoms with Crippen LogP contribution in [0.4, 0.5) is 26.3 Å². The standard InChI is InChI=1S/C9H3ClF6O/c10-8(12,13)7(17)4-1-2-5(6(11)3-4)9(14,15)16/h1-3H. The van der Waals surface area contributed by atoms with Gasteiger partial charge in [0.15, 0.2) is 0 Å². The fraction of sp³-hybridized carbons (Fsp3) is 0.222. The van der Waals surface area contributed by atoms with Crippen LogP contribution in [-0.4, -0.2) is 11.2 Å². The van der Waals surface area contributed by atoms with Gasteiger partial charge in [-0.25, -0.2) is 4.39 Å². The van der Waals surface area contributed by atoms with Gasteiger partial charge in [-0.3, -0.25) is 4.79 Å². The van der Waals surface area contributed by atoms with Gasteiger partial charge in [0.25, 0.3) is 0 Å². The summed E-state index contributed by atoms with van der Waals surface area (Å²) in [4.78, 5) is 10.8. The Balaban J connectivity index is 3.19. The number of rotatable bonds is 2. The van der Waals surface area contributed by atoms with Gasteiger partial charge in [-0.1, -0.05) is 6.07 Å². The fourth-order valence-corrected chi connectivity index (χ4v) is 1.16. The van der Waals surface area contributed by atoms with Crippen LogP contribution in [0, 0.1) is 5.82 Å². The minimum absolute atomic E-state index is 0.0709. The molecule has 1 aromatic carbocycles.